The van der Waals surface area contributed by atoms with Crippen LogP contribution in [0, 0.1) is 17.3 Å². The quantitative estimate of drug-likeness (QED) is 0.728. The van der Waals surface area contributed by atoms with E-state index < -0.39 is 5.69 Å². The lowest BCUT2D eigenvalue weighted by molar-refractivity contribution is 0.334. The minimum Gasteiger partial charge on any atom is -0.336 e. The summed E-state index contributed by atoms with van der Waals surface area (Å²) in [6.45, 7) is 4.54. The molecule has 6 heteroatoms. The number of fused-ring (bicyclic) bond motifs is 1. The number of nitrogens with zero attached hydrogens (tertiary/aromatic N) is 1. The summed E-state index contributed by atoms with van der Waals surface area (Å²) in [7, 11) is 0. The monoisotopic (exact) mass is 330 g/mol. The molecule has 6 nitrogen and oxygen atoms in total. The van der Waals surface area contributed by atoms with E-state index in [4.69, 9.17) is 0 Å². The van der Waals surface area contributed by atoms with E-state index in [0.29, 0.717) is 34.3 Å². The Morgan fingerprint density at radius 2 is 1.83 bits per heavy atom. The van der Waals surface area contributed by atoms with E-state index in [2.05, 4.69) is 33.8 Å². The predicted octanol–water partition coefficient (Wildman–Crippen LogP) is 3.04. The molecule has 2 aliphatic rings. The Morgan fingerprint density at radius 3 is 2.46 bits per heavy atom. The van der Waals surface area contributed by atoms with Crippen LogP contribution in [0.4, 0.5) is 0 Å². The zero-order valence-corrected chi connectivity index (χ0v) is 14.4. The number of aromatic amines is 3. The fourth-order valence-corrected chi connectivity index (χ4v) is 4.89. The lowest BCUT2D eigenvalue weighted by Gasteiger charge is -2.21. The third kappa shape index (κ3) is 2.52. The van der Waals surface area contributed by atoms with E-state index >= 15 is 0 Å². The number of H-pyrrole nitrogens is 3. The van der Waals surface area contributed by atoms with Crippen LogP contribution in [0.1, 0.15) is 70.5 Å². The summed E-state index contributed by atoms with van der Waals surface area (Å²) < 4.78 is 0. The van der Waals surface area contributed by atoms with Gasteiger partial charge in [0, 0.05) is 5.92 Å². The van der Waals surface area contributed by atoms with Crippen molar-refractivity contribution in [1.82, 2.24) is 19.9 Å². The summed E-state index contributed by atoms with van der Waals surface area (Å²) in [5, 5.41) is 0. The molecule has 0 radical (unpaired) electrons. The van der Waals surface area contributed by atoms with Crippen LogP contribution in [0.15, 0.2) is 9.59 Å². The van der Waals surface area contributed by atoms with Crippen molar-refractivity contribution in [3.8, 4) is 0 Å². The summed E-state index contributed by atoms with van der Waals surface area (Å²) in [4.78, 5) is 36.2. The van der Waals surface area contributed by atoms with Crippen molar-refractivity contribution in [3.05, 3.63) is 26.7 Å². The van der Waals surface area contributed by atoms with Crippen LogP contribution in [0.5, 0.6) is 0 Å². The maximum absolute atomic E-state index is 12.0. The molecule has 0 saturated heterocycles. The van der Waals surface area contributed by atoms with Gasteiger partial charge in [-0.3, -0.25) is 14.8 Å². The Balaban J connectivity index is 1.71. The lowest BCUT2D eigenvalue weighted by Crippen LogP contribution is -2.21. The highest BCUT2D eigenvalue weighted by Crippen LogP contribution is 2.67. The number of aromatic nitrogens is 4. The molecule has 0 bridgehead atoms. The maximum atomic E-state index is 12.0. The van der Waals surface area contributed by atoms with Crippen molar-refractivity contribution < 1.29 is 0 Å². The second kappa shape index (κ2) is 5.60. The van der Waals surface area contributed by atoms with Crippen molar-refractivity contribution >= 4 is 11.2 Å². The molecule has 4 rings (SSSR count). The molecule has 2 fully saturated rings. The maximum Gasteiger partial charge on any atom is 0.327 e. The Kier molecular flexibility index (Phi) is 3.66. The van der Waals surface area contributed by atoms with Crippen LogP contribution in [0.25, 0.3) is 11.2 Å². The van der Waals surface area contributed by atoms with Gasteiger partial charge >= 0.3 is 5.69 Å². The number of hydrogen-bond acceptors (Lipinski definition) is 3. The molecule has 2 unspecified atom stereocenters. The summed E-state index contributed by atoms with van der Waals surface area (Å²) in [5.41, 5.74) is 0.377. The minimum absolute atomic E-state index is 0.383. The average molecular weight is 330 g/mol. The van der Waals surface area contributed by atoms with E-state index in [1.54, 1.807) is 0 Å². The second-order valence-corrected chi connectivity index (χ2v) is 7.79. The molecule has 0 aromatic carbocycles. The van der Waals surface area contributed by atoms with Gasteiger partial charge in [0.25, 0.3) is 5.56 Å². The first-order valence-electron chi connectivity index (χ1n) is 9.30. The Bertz CT molecular complexity index is 852. The highest BCUT2D eigenvalue weighted by Gasteiger charge is 2.59. The average Bonchev–Trinajstić information content (AvgIpc) is 3.41. The molecule has 2 aromatic rings. The first-order chi connectivity index (χ1) is 11.6. The van der Waals surface area contributed by atoms with Gasteiger partial charge in [-0.05, 0) is 49.4 Å². The smallest absolute Gasteiger partial charge is 0.327 e. The van der Waals surface area contributed by atoms with E-state index in [1.807, 2.05) is 0 Å². The minimum atomic E-state index is -0.494. The van der Waals surface area contributed by atoms with E-state index in [-0.39, 0.29) is 5.56 Å². The van der Waals surface area contributed by atoms with Gasteiger partial charge in [-0.1, -0.05) is 26.7 Å². The molecule has 0 aliphatic heterocycles. The van der Waals surface area contributed by atoms with Crippen molar-refractivity contribution in [2.75, 3.05) is 0 Å². The molecule has 0 spiro atoms. The Labute approximate surface area is 140 Å². The van der Waals surface area contributed by atoms with Gasteiger partial charge in [-0.2, -0.15) is 0 Å². The SMILES string of the molecule is CCCC1(CCC)CC1C(c1nc2[nH]c(=O)[nH]c(=O)c2[nH]1)C1CC1. The van der Waals surface area contributed by atoms with Gasteiger partial charge in [0.15, 0.2) is 5.65 Å². The highest BCUT2D eigenvalue weighted by molar-refractivity contribution is 5.68. The molecule has 130 valence electrons. The summed E-state index contributed by atoms with van der Waals surface area (Å²) >= 11 is 0. The van der Waals surface area contributed by atoms with Crippen LogP contribution < -0.4 is 11.2 Å². The topological polar surface area (TPSA) is 94.4 Å². The van der Waals surface area contributed by atoms with E-state index in [0.717, 1.165) is 5.82 Å². The van der Waals surface area contributed by atoms with Gasteiger partial charge in [-0.15, -0.1) is 0 Å². The molecule has 24 heavy (non-hydrogen) atoms. The van der Waals surface area contributed by atoms with Crippen molar-refractivity contribution in [1.29, 1.82) is 0 Å². The Hall–Kier alpha value is -1.85. The van der Waals surface area contributed by atoms with Gasteiger partial charge in [0.1, 0.15) is 11.3 Å². The van der Waals surface area contributed by atoms with Gasteiger partial charge < -0.3 is 4.98 Å². The largest absolute Gasteiger partial charge is 0.336 e. The number of hydrogen-bond donors (Lipinski definition) is 3. The zero-order chi connectivity index (χ0) is 16.9. The predicted molar refractivity (Wildman–Crippen MR) is 93.2 cm³/mol. The molecule has 2 aromatic heterocycles. The molecule has 2 aliphatic carbocycles. The highest BCUT2D eigenvalue weighted by atomic mass is 16.2. The van der Waals surface area contributed by atoms with Crippen LogP contribution in [-0.4, -0.2) is 19.9 Å². The molecular formula is C18H26N4O2. The van der Waals surface area contributed by atoms with Gasteiger partial charge in [0.2, 0.25) is 0 Å². The van der Waals surface area contributed by atoms with Crippen LogP contribution in [-0.2, 0) is 0 Å². The summed E-state index contributed by atoms with van der Waals surface area (Å²) in [6.07, 6.45) is 8.79. The fourth-order valence-electron chi connectivity index (χ4n) is 4.89. The fraction of sp³-hybridized carbons (Fsp3) is 0.722. The van der Waals surface area contributed by atoms with Crippen LogP contribution in [0.2, 0.25) is 0 Å². The van der Waals surface area contributed by atoms with Crippen LogP contribution >= 0.6 is 0 Å². The second-order valence-electron chi connectivity index (χ2n) is 7.79. The van der Waals surface area contributed by atoms with Crippen molar-refractivity contribution in [2.24, 2.45) is 17.3 Å². The Morgan fingerprint density at radius 1 is 1.12 bits per heavy atom. The standard InChI is InChI=1S/C18H26N4O2/c1-3-7-18(8-4-2)9-11(18)12(10-5-6-10)14-19-13-15(20-14)21-17(24)22-16(13)23/h10-12H,3-9H2,1-2H3,(H3,19,20,21,22,23,24). The molecule has 3 N–H and O–H groups in total. The first kappa shape index (κ1) is 15.7. The van der Waals surface area contributed by atoms with Crippen molar-refractivity contribution in [3.63, 3.8) is 0 Å². The third-order valence-corrected chi connectivity index (χ3v) is 6.04. The number of imidazole rings is 1. The van der Waals surface area contributed by atoms with Crippen LogP contribution in [0.3, 0.4) is 0 Å². The van der Waals surface area contributed by atoms with Crippen molar-refractivity contribution in [2.45, 2.75) is 64.7 Å². The van der Waals surface area contributed by atoms with E-state index in [1.165, 1.54) is 44.9 Å². The molecular weight excluding hydrogens is 304 g/mol. The third-order valence-electron chi connectivity index (χ3n) is 6.04. The first-order valence-corrected chi connectivity index (χ1v) is 9.30. The molecule has 2 saturated carbocycles. The van der Waals surface area contributed by atoms with Gasteiger partial charge in [-0.25, -0.2) is 9.78 Å². The molecule has 2 atom stereocenters. The summed E-state index contributed by atoms with van der Waals surface area (Å²) in [6, 6.07) is 0. The number of rotatable bonds is 7. The summed E-state index contributed by atoms with van der Waals surface area (Å²) in [5.74, 6) is 2.64. The zero-order valence-electron chi connectivity index (χ0n) is 14.4. The molecule has 2 heterocycles. The number of nitrogens with one attached hydrogen (secondary N) is 3. The molecule has 0 amide bonds. The van der Waals surface area contributed by atoms with E-state index in [9.17, 15) is 9.59 Å². The normalized spacial score (nSPS) is 23.5. The lowest BCUT2D eigenvalue weighted by atomic mass is 9.85. The van der Waals surface area contributed by atoms with Gasteiger partial charge in [0.05, 0.1) is 0 Å².